The van der Waals surface area contributed by atoms with Gasteiger partial charge in [-0.2, -0.15) is 5.10 Å². The number of hydrazone groups is 1. The largest absolute Gasteiger partial charge is 0.488 e. The average molecular weight is 449 g/mol. The Bertz CT molecular complexity index is 1050. The molecule has 0 heterocycles. The van der Waals surface area contributed by atoms with E-state index < -0.39 is 0 Å². The van der Waals surface area contributed by atoms with Crippen LogP contribution in [0, 0.1) is 5.82 Å². The van der Waals surface area contributed by atoms with E-state index in [-0.39, 0.29) is 11.7 Å². The predicted molar refractivity (Wildman–Crippen MR) is 133 cm³/mol. The van der Waals surface area contributed by atoms with Crippen LogP contribution in [0.2, 0.25) is 0 Å². The number of fused-ring (bicyclic) bond motifs is 1. The van der Waals surface area contributed by atoms with Gasteiger partial charge in [0.2, 0.25) is 5.91 Å². The lowest BCUT2D eigenvalue weighted by Crippen LogP contribution is -2.17. The van der Waals surface area contributed by atoms with E-state index in [1.165, 1.54) is 44.2 Å². The molecular formula is C28H33FN2O2. The molecule has 0 aliphatic rings. The molecule has 0 saturated heterocycles. The van der Waals surface area contributed by atoms with Crippen molar-refractivity contribution in [2.75, 3.05) is 0 Å². The highest BCUT2D eigenvalue weighted by Crippen LogP contribution is 2.27. The Morgan fingerprint density at radius 1 is 0.939 bits per heavy atom. The molecule has 3 aromatic rings. The number of ether oxygens (including phenoxy) is 1. The van der Waals surface area contributed by atoms with Crippen molar-refractivity contribution < 1.29 is 13.9 Å². The van der Waals surface area contributed by atoms with Crippen LogP contribution in [-0.2, 0) is 11.4 Å². The molecule has 0 aromatic heterocycles. The molecule has 33 heavy (non-hydrogen) atoms. The minimum Gasteiger partial charge on any atom is -0.488 e. The molecule has 0 spiro atoms. The first-order valence-corrected chi connectivity index (χ1v) is 11.9. The molecule has 0 aliphatic heterocycles. The molecule has 3 aromatic carbocycles. The minimum atomic E-state index is -0.274. The van der Waals surface area contributed by atoms with E-state index in [9.17, 15) is 9.18 Å². The summed E-state index contributed by atoms with van der Waals surface area (Å²) in [7, 11) is 0. The molecule has 0 saturated carbocycles. The SMILES string of the molecule is CCCCCCCCCC(=O)N/N=C/c1c(OCc2ccc(F)cc2)ccc2ccccc12. The van der Waals surface area contributed by atoms with Crippen LogP contribution in [0.3, 0.4) is 0 Å². The van der Waals surface area contributed by atoms with Gasteiger partial charge in [0.15, 0.2) is 0 Å². The van der Waals surface area contributed by atoms with Crippen LogP contribution in [0.1, 0.15) is 69.4 Å². The quantitative estimate of drug-likeness (QED) is 0.171. The van der Waals surface area contributed by atoms with E-state index in [0.29, 0.717) is 18.8 Å². The third-order valence-corrected chi connectivity index (χ3v) is 5.63. The van der Waals surface area contributed by atoms with E-state index in [1.807, 2.05) is 36.4 Å². The summed E-state index contributed by atoms with van der Waals surface area (Å²) in [6, 6.07) is 18.1. The molecule has 5 heteroatoms. The van der Waals surface area contributed by atoms with Crippen molar-refractivity contribution in [3.63, 3.8) is 0 Å². The number of unbranched alkanes of at least 4 members (excludes halogenated alkanes) is 6. The van der Waals surface area contributed by atoms with Crippen LogP contribution in [-0.4, -0.2) is 12.1 Å². The van der Waals surface area contributed by atoms with Gasteiger partial charge in [-0.25, -0.2) is 9.82 Å². The van der Waals surface area contributed by atoms with Crippen molar-refractivity contribution in [3.05, 3.63) is 77.6 Å². The highest BCUT2D eigenvalue weighted by Gasteiger charge is 2.08. The van der Waals surface area contributed by atoms with Crippen molar-refractivity contribution >= 4 is 22.9 Å². The molecule has 0 fully saturated rings. The van der Waals surface area contributed by atoms with Gasteiger partial charge in [-0.15, -0.1) is 0 Å². The van der Waals surface area contributed by atoms with Gasteiger partial charge >= 0.3 is 0 Å². The number of benzene rings is 3. The van der Waals surface area contributed by atoms with E-state index in [1.54, 1.807) is 18.3 Å². The zero-order valence-corrected chi connectivity index (χ0v) is 19.4. The van der Waals surface area contributed by atoms with Gasteiger partial charge in [0.1, 0.15) is 18.2 Å². The summed E-state index contributed by atoms with van der Waals surface area (Å²) in [4.78, 5) is 12.2. The fraction of sp³-hybridized carbons (Fsp3) is 0.357. The number of hydrogen-bond acceptors (Lipinski definition) is 3. The summed E-state index contributed by atoms with van der Waals surface area (Å²) in [5.41, 5.74) is 4.32. The number of rotatable bonds is 13. The molecule has 1 N–H and O–H groups in total. The molecule has 0 unspecified atom stereocenters. The van der Waals surface area contributed by atoms with Gasteiger partial charge in [0, 0.05) is 12.0 Å². The first-order valence-electron chi connectivity index (χ1n) is 11.9. The molecule has 174 valence electrons. The van der Waals surface area contributed by atoms with Gasteiger partial charge in [-0.1, -0.05) is 87.9 Å². The second kappa shape index (κ2) is 13.4. The number of hydrogen-bond donors (Lipinski definition) is 1. The Kier molecular flexibility index (Phi) is 9.89. The highest BCUT2D eigenvalue weighted by atomic mass is 19.1. The van der Waals surface area contributed by atoms with Crippen LogP contribution >= 0.6 is 0 Å². The van der Waals surface area contributed by atoms with E-state index in [4.69, 9.17) is 4.74 Å². The van der Waals surface area contributed by atoms with Crippen LogP contribution in [0.4, 0.5) is 4.39 Å². The Balaban J connectivity index is 1.59. The lowest BCUT2D eigenvalue weighted by molar-refractivity contribution is -0.121. The van der Waals surface area contributed by atoms with Gasteiger partial charge in [-0.05, 0) is 41.0 Å². The minimum absolute atomic E-state index is 0.0752. The third-order valence-electron chi connectivity index (χ3n) is 5.63. The smallest absolute Gasteiger partial charge is 0.240 e. The maximum Gasteiger partial charge on any atom is 0.240 e. The number of nitrogens with zero attached hydrogens (tertiary/aromatic N) is 1. The molecule has 0 aliphatic carbocycles. The molecule has 4 nitrogen and oxygen atoms in total. The Morgan fingerprint density at radius 2 is 1.67 bits per heavy atom. The monoisotopic (exact) mass is 448 g/mol. The standard InChI is InChI=1S/C28H33FN2O2/c1-2-3-4-5-6-7-8-13-28(32)31-30-20-26-25-12-10-9-11-23(25)16-19-27(26)33-21-22-14-17-24(29)18-15-22/h9-12,14-20H,2-8,13,21H2,1H3,(H,31,32)/b30-20+. The van der Waals surface area contributed by atoms with E-state index in [0.717, 1.165) is 34.7 Å². The van der Waals surface area contributed by atoms with Crippen molar-refractivity contribution in [2.24, 2.45) is 5.10 Å². The maximum absolute atomic E-state index is 13.2. The first-order chi connectivity index (χ1) is 16.2. The average Bonchev–Trinajstić information content (AvgIpc) is 2.83. The predicted octanol–water partition coefficient (Wildman–Crippen LogP) is 7.15. The summed E-state index contributed by atoms with van der Waals surface area (Å²) < 4.78 is 19.2. The number of halogens is 1. The summed E-state index contributed by atoms with van der Waals surface area (Å²) in [5, 5.41) is 6.25. The summed E-state index contributed by atoms with van der Waals surface area (Å²) in [6.45, 7) is 2.52. The van der Waals surface area contributed by atoms with Crippen molar-refractivity contribution in [3.8, 4) is 5.75 Å². The van der Waals surface area contributed by atoms with Crippen LogP contribution in [0.15, 0.2) is 65.8 Å². The van der Waals surface area contributed by atoms with E-state index >= 15 is 0 Å². The first kappa shape index (κ1) is 24.4. The third kappa shape index (κ3) is 8.01. The normalized spacial score (nSPS) is 11.2. The number of carbonyl (C=O) groups excluding carboxylic acids is 1. The Labute approximate surface area is 195 Å². The Hall–Kier alpha value is -3.21. The molecule has 3 rings (SSSR count). The van der Waals surface area contributed by atoms with Gasteiger partial charge < -0.3 is 4.74 Å². The summed E-state index contributed by atoms with van der Waals surface area (Å²) >= 11 is 0. The molecule has 0 atom stereocenters. The summed E-state index contributed by atoms with van der Waals surface area (Å²) in [5.74, 6) is 0.307. The van der Waals surface area contributed by atoms with Crippen LogP contribution in [0.25, 0.3) is 10.8 Å². The second-order valence-electron chi connectivity index (χ2n) is 8.28. The summed E-state index contributed by atoms with van der Waals surface area (Å²) in [6.07, 6.45) is 10.3. The van der Waals surface area contributed by atoms with Crippen molar-refractivity contribution in [2.45, 2.75) is 64.9 Å². The van der Waals surface area contributed by atoms with Crippen molar-refractivity contribution in [1.82, 2.24) is 5.43 Å². The topological polar surface area (TPSA) is 50.7 Å². The fourth-order valence-electron chi connectivity index (χ4n) is 3.74. The van der Waals surface area contributed by atoms with Gasteiger partial charge in [-0.3, -0.25) is 4.79 Å². The molecule has 1 amide bonds. The number of carbonyl (C=O) groups is 1. The van der Waals surface area contributed by atoms with Gasteiger partial charge in [0.05, 0.1) is 6.21 Å². The molecule has 0 radical (unpaired) electrons. The van der Waals surface area contributed by atoms with Crippen molar-refractivity contribution in [1.29, 1.82) is 0 Å². The zero-order chi connectivity index (χ0) is 23.3. The lowest BCUT2D eigenvalue weighted by atomic mass is 10.0. The molecular weight excluding hydrogens is 415 g/mol. The Morgan fingerprint density at radius 3 is 2.45 bits per heavy atom. The zero-order valence-electron chi connectivity index (χ0n) is 19.4. The number of amides is 1. The van der Waals surface area contributed by atoms with Crippen LogP contribution in [0.5, 0.6) is 5.75 Å². The maximum atomic E-state index is 13.2. The number of nitrogens with one attached hydrogen (secondary N) is 1. The highest BCUT2D eigenvalue weighted by molar-refractivity contribution is 6.02. The fourth-order valence-corrected chi connectivity index (χ4v) is 3.74. The van der Waals surface area contributed by atoms with Gasteiger partial charge in [0.25, 0.3) is 0 Å². The van der Waals surface area contributed by atoms with Crippen LogP contribution < -0.4 is 10.2 Å². The second-order valence-corrected chi connectivity index (χ2v) is 8.28. The van der Waals surface area contributed by atoms with E-state index in [2.05, 4.69) is 17.5 Å². The lowest BCUT2D eigenvalue weighted by Gasteiger charge is -2.12. The molecule has 0 bridgehead atoms.